The van der Waals surface area contributed by atoms with Crippen molar-refractivity contribution in [3.05, 3.63) is 45.3 Å². The summed E-state index contributed by atoms with van der Waals surface area (Å²) in [6.07, 6.45) is 0. The van der Waals surface area contributed by atoms with Gasteiger partial charge in [-0.25, -0.2) is 4.79 Å². The second kappa shape index (κ2) is 4.46. The fraction of sp³-hybridized carbons (Fsp3) is 0. The highest BCUT2D eigenvalue weighted by molar-refractivity contribution is 7.09. The molecule has 2 rings (SSSR count). The van der Waals surface area contributed by atoms with E-state index in [4.69, 9.17) is 11.6 Å². The zero-order valence-corrected chi connectivity index (χ0v) is 9.43. The minimum Gasteiger partial charge on any atom is -0.297 e. The summed E-state index contributed by atoms with van der Waals surface area (Å²) >= 11 is 6.80. The number of nitrogens with zero attached hydrogens (tertiary/aromatic N) is 1. The molecule has 0 saturated carbocycles. The molecule has 1 heterocycles. The van der Waals surface area contributed by atoms with Crippen molar-refractivity contribution in [1.82, 2.24) is 9.36 Å². The van der Waals surface area contributed by atoms with E-state index in [9.17, 15) is 9.59 Å². The first-order valence-corrected chi connectivity index (χ1v) is 5.47. The number of amides is 1. The number of halogens is 1. The van der Waals surface area contributed by atoms with Gasteiger partial charge in [-0.15, -0.1) is 0 Å². The predicted molar refractivity (Wildman–Crippen MR) is 62.1 cm³/mol. The van der Waals surface area contributed by atoms with Gasteiger partial charge in [0.25, 0.3) is 5.91 Å². The number of carbonyl (C=O) groups excluding carboxylic acids is 1. The smallest absolute Gasteiger partial charge is 0.297 e. The molecule has 0 radical (unpaired) electrons. The van der Waals surface area contributed by atoms with Gasteiger partial charge in [-0.3, -0.25) is 14.5 Å². The lowest BCUT2D eigenvalue weighted by atomic mass is 10.2. The zero-order chi connectivity index (χ0) is 11.5. The third-order valence-corrected chi connectivity index (χ3v) is 2.77. The SMILES string of the molecule is O=C(Nc1nc(=O)[nH]s1)c1ccccc1Cl. The normalized spacial score (nSPS) is 10.1. The number of aromatic amines is 1. The average molecular weight is 256 g/mol. The van der Waals surface area contributed by atoms with E-state index < -0.39 is 11.6 Å². The van der Waals surface area contributed by atoms with E-state index in [-0.39, 0.29) is 5.13 Å². The largest absolute Gasteiger partial charge is 0.357 e. The molecular weight excluding hydrogens is 250 g/mol. The summed E-state index contributed by atoms with van der Waals surface area (Å²) < 4.78 is 2.37. The van der Waals surface area contributed by atoms with Gasteiger partial charge in [0.15, 0.2) is 0 Å². The van der Waals surface area contributed by atoms with Gasteiger partial charge >= 0.3 is 5.69 Å². The van der Waals surface area contributed by atoms with Crippen molar-refractivity contribution in [2.24, 2.45) is 0 Å². The third kappa shape index (κ3) is 2.29. The van der Waals surface area contributed by atoms with Gasteiger partial charge in [-0.1, -0.05) is 23.7 Å². The number of H-pyrrole nitrogens is 1. The fourth-order valence-corrected chi connectivity index (χ4v) is 1.82. The van der Waals surface area contributed by atoms with Crippen molar-refractivity contribution < 1.29 is 4.79 Å². The van der Waals surface area contributed by atoms with Crippen LogP contribution < -0.4 is 11.0 Å². The third-order valence-electron chi connectivity index (χ3n) is 1.78. The van der Waals surface area contributed by atoms with Crippen LogP contribution in [0.4, 0.5) is 5.13 Å². The molecule has 0 aliphatic heterocycles. The van der Waals surface area contributed by atoms with Crippen LogP contribution in [0.2, 0.25) is 5.02 Å². The van der Waals surface area contributed by atoms with Crippen molar-refractivity contribution in [1.29, 1.82) is 0 Å². The number of benzene rings is 1. The molecule has 0 spiro atoms. The van der Waals surface area contributed by atoms with Gasteiger partial charge in [-0.05, 0) is 23.7 Å². The summed E-state index contributed by atoms with van der Waals surface area (Å²) in [6, 6.07) is 6.64. The van der Waals surface area contributed by atoms with E-state index in [0.717, 1.165) is 11.5 Å². The number of anilines is 1. The van der Waals surface area contributed by atoms with Crippen LogP contribution in [0.15, 0.2) is 29.1 Å². The highest BCUT2D eigenvalue weighted by Gasteiger charge is 2.11. The molecule has 5 nitrogen and oxygen atoms in total. The lowest BCUT2D eigenvalue weighted by molar-refractivity contribution is 0.102. The summed E-state index contributed by atoms with van der Waals surface area (Å²) in [4.78, 5) is 26.0. The predicted octanol–water partition coefficient (Wildman–Crippen LogP) is 1.74. The number of hydrogen-bond donors (Lipinski definition) is 2. The maximum absolute atomic E-state index is 11.7. The quantitative estimate of drug-likeness (QED) is 0.858. The molecule has 1 aromatic carbocycles. The molecule has 1 amide bonds. The van der Waals surface area contributed by atoms with Crippen molar-refractivity contribution in [2.45, 2.75) is 0 Å². The van der Waals surface area contributed by atoms with Gasteiger partial charge in [-0.2, -0.15) is 4.98 Å². The molecule has 1 aromatic heterocycles. The lowest BCUT2D eigenvalue weighted by Gasteiger charge is -2.02. The van der Waals surface area contributed by atoms with Crippen LogP contribution in [-0.2, 0) is 0 Å². The van der Waals surface area contributed by atoms with E-state index in [1.807, 2.05) is 0 Å². The van der Waals surface area contributed by atoms with Crippen LogP contribution in [0.3, 0.4) is 0 Å². The summed E-state index contributed by atoms with van der Waals surface area (Å²) in [5.74, 6) is -0.395. The molecule has 2 N–H and O–H groups in total. The molecule has 2 aromatic rings. The van der Waals surface area contributed by atoms with Crippen molar-refractivity contribution in [3.63, 3.8) is 0 Å². The summed E-state index contributed by atoms with van der Waals surface area (Å²) in [5, 5.41) is 3.04. The van der Waals surface area contributed by atoms with E-state index >= 15 is 0 Å². The van der Waals surface area contributed by atoms with Gasteiger partial charge in [0.1, 0.15) is 0 Å². The number of aromatic nitrogens is 2. The second-order valence-electron chi connectivity index (χ2n) is 2.86. The first-order chi connectivity index (χ1) is 7.66. The highest BCUT2D eigenvalue weighted by Crippen LogP contribution is 2.16. The average Bonchev–Trinajstić information content (AvgIpc) is 2.64. The van der Waals surface area contributed by atoms with Crippen LogP contribution in [0.1, 0.15) is 10.4 Å². The Balaban J connectivity index is 2.21. The van der Waals surface area contributed by atoms with Crippen LogP contribution in [0, 0.1) is 0 Å². The van der Waals surface area contributed by atoms with Crippen molar-refractivity contribution >= 4 is 34.2 Å². The maximum atomic E-state index is 11.7. The monoisotopic (exact) mass is 255 g/mol. The maximum Gasteiger partial charge on any atom is 0.357 e. The molecule has 0 aliphatic carbocycles. The number of hydrogen-bond acceptors (Lipinski definition) is 4. The molecule has 0 aliphatic rings. The van der Waals surface area contributed by atoms with E-state index in [1.165, 1.54) is 0 Å². The Bertz CT molecular complexity index is 578. The molecular formula is C9H6ClN3O2S. The Morgan fingerprint density at radius 2 is 2.19 bits per heavy atom. The number of nitrogens with one attached hydrogen (secondary N) is 2. The van der Waals surface area contributed by atoms with E-state index in [1.54, 1.807) is 24.3 Å². The molecule has 82 valence electrons. The summed E-state index contributed by atoms with van der Waals surface area (Å²) in [5.41, 5.74) is -0.147. The molecule has 0 saturated heterocycles. The Morgan fingerprint density at radius 1 is 1.44 bits per heavy atom. The van der Waals surface area contributed by atoms with Crippen LogP contribution in [-0.4, -0.2) is 15.3 Å². The molecule has 0 atom stereocenters. The molecule has 7 heteroatoms. The number of rotatable bonds is 2. The van der Waals surface area contributed by atoms with Crippen LogP contribution in [0.25, 0.3) is 0 Å². The standard InChI is InChI=1S/C9H6ClN3O2S/c10-6-4-2-1-3-5(6)7(14)11-9-12-8(15)13-16-9/h1-4H,(H2,11,12,13,14,15). The van der Waals surface area contributed by atoms with Gasteiger partial charge in [0, 0.05) is 0 Å². The lowest BCUT2D eigenvalue weighted by Crippen LogP contribution is -2.13. The number of carbonyl (C=O) groups is 1. The Kier molecular flexibility index (Phi) is 3.02. The summed E-state index contributed by atoms with van der Waals surface area (Å²) in [7, 11) is 0. The second-order valence-corrected chi connectivity index (χ2v) is 4.06. The Morgan fingerprint density at radius 3 is 2.81 bits per heavy atom. The van der Waals surface area contributed by atoms with E-state index in [0.29, 0.717) is 10.6 Å². The molecule has 0 unspecified atom stereocenters. The molecule has 0 bridgehead atoms. The minimum atomic E-state index is -0.487. The summed E-state index contributed by atoms with van der Waals surface area (Å²) in [6.45, 7) is 0. The van der Waals surface area contributed by atoms with Crippen molar-refractivity contribution in [2.75, 3.05) is 5.32 Å². The first-order valence-electron chi connectivity index (χ1n) is 4.28. The Hall–Kier alpha value is -1.66. The topological polar surface area (TPSA) is 74.8 Å². The van der Waals surface area contributed by atoms with Gasteiger partial charge in [0.2, 0.25) is 5.13 Å². The van der Waals surface area contributed by atoms with Gasteiger partial charge in [0.05, 0.1) is 10.6 Å². The highest BCUT2D eigenvalue weighted by atomic mass is 35.5. The first kappa shape index (κ1) is 10.8. The fourth-order valence-electron chi connectivity index (χ4n) is 1.09. The van der Waals surface area contributed by atoms with E-state index in [2.05, 4.69) is 14.7 Å². The van der Waals surface area contributed by atoms with Crippen molar-refractivity contribution in [3.8, 4) is 0 Å². The van der Waals surface area contributed by atoms with Crippen LogP contribution in [0.5, 0.6) is 0 Å². The van der Waals surface area contributed by atoms with Crippen LogP contribution >= 0.6 is 23.1 Å². The van der Waals surface area contributed by atoms with Gasteiger partial charge < -0.3 is 0 Å². The molecule has 0 fully saturated rings. The minimum absolute atomic E-state index is 0.218. The molecule has 16 heavy (non-hydrogen) atoms. The Labute approximate surface area is 99.3 Å². The zero-order valence-electron chi connectivity index (χ0n) is 7.86.